The molecule has 40 heavy (non-hydrogen) atoms. The van der Waals surface area contributed by atoms with Crippen molar-refractivity contribution in [1.29, 1.82) is 0 Å². The zero-order valence-corrected chi connectivity index (χ0v) is 22.1. The number of hydrogen-bond acceptors (Lipinski definition) is 7. The Morgan fingerprint density at radius 2 is 1.55 bits per heavy atom. The van der Waals surface area contributed by atoms with E-state index < -0.39 is 35.5 Å². The minimum atomic E-state index is -5.08. The highest BCUT2D eigenvalue weighted by Gasteiger charge is 2.73. The van der Waals surface area contributed by atoms with Crippen LogP contribution in [0, 0.1) is 11.8 Å². The quantitative estimate of drug-likeness (QED) is 0.434. The van der Waals surface area contributed by atoms with Crippen LogP contribution in [0.15, 0.2) is 48.5 Å². The molecule has 5 rings (SSSR count). The molecule has 3 aliphatic rings. The number of nitrogens with zero attached hydrogens (tertiary/aromatic N) is 2. The number of carboxylic acid groups (broad SMARTS) is 1. The molecular formula is C28H29F3N2O7. The topological polar surface area (TPSA) is 113 Å². The average Bonchev–Trinajstić information content (AvgIpc) is 3.56. The highest BCUT2D eigenvalue weighted by atomic mass is 19.4. The molecule has 0 saturated carbocycles. The fraction of sp³-hybridized carbons (Fsp3) is 0.429. The van der Waals surface area contributed by atoms with Crippen molar-refractivity contribution in [2.24, 2.45) is 11.8 Å². The Morgan fingerprint density at radius 3 is 2.02 bits per heavy atom. The number of fused-ring (bicyclic) bond motifs is 3. The average molecular weight is 563 g/mol. The van der Waals surface area contributed by atoms with Gasteiger partial charge in [-0.25, -0.2) is 4.79 Å². The van der Waals surface area contributed by atoms with Crippen molar-refractivity contribution < 1.29 is 46.9 Å². The molecule has 3 heterocycles. The first kappa shape index (κ1) is 29.1. The van der Waals surface area contributed by atoms with E-state index in [0.29, 0.717) is 19.5 Å². The van der Waals surface area contributed by atoms with Gasteiger partial charge in [-0.15, -0.1) is 0 Å². The molecule has 2 aromatic carbocycles. The van der Waals surface area contributed by atoms with Crippen LogP contribution >= 0.6 is 0 Å². The molecule has 0 aliphatic carbocycles. The van der Waals surface area contributed by atoms with Crippen LogP contribution in [-0.4, -0.2) is 77.7 Å². The lowest BCUT2D eigenvalue weighted by atomic mass is 9.77. The summed E-state index contributed by atoms with van der Waals surface area (Å²) < 4.78 is 42.2. The van der Waals surface area contributed by atoms with Crippen molar-refractivity contribution in [3.05, 3.63) is 54.1 Å². The Morgan fingerprint density at radius 1 is 1.00 bits per heavy atom. The second-order valence-corrected chi connectivity index (χ2v) is 9.74. The predicted octanol–water partition coefficient (Wildman–Crippen LogP) is 3.68. The van der Waals surface area contributed by atoms with Crippen molar-refractivity contribution in [1.82, 2.24) is 9.80 Å². The third kappa shape index (κ3) is 4.70. The molecule has 0 unspecified atom stereocenters. The fourth-order valence-electron chi connectivity index (χ4n) is 6.23. The van der Waals surface area contributed by atoms with Crippen molar-refractivity contribution >= 4 is 23.8 Å². The standard InChI is InChI=1S/C26H28N2O5.C2HF3O2/c1-4-27-23(29)20-21(24(27)30)26(25(31)33-3)14-5-15-28(26)22(20)18-8-6-16(7-9-18)17-10-12-19(32-2)13-11-17;3-2(4,5)1(6)7/h6-13,20-22H,4-5,14-15H2,1-3H3;(H,6,7)/t20-,21-,22-,26+;/m1./s1. The number of esters is 1. The summed E-state index contributed by atoms with van der Waals surface area (Å²) in [6.45, 7) is 2.76. The smallest absolute Gasteiger partial charge is 0.490 e. The minimum absolute atomic E-state index is 0.186. The first-order valence-electron chi connectivity index (χ1n) is 12.7. The second-order valence-electron chi connectivity index (χ2n) is 9.74. The Bertz CT molecular complexity index is 1300. The first-order chi connectivity index (χ1) is 18.9. The SMILES string of the molecule is CCN1C(=O)[C@H]2[C@@H](c3ccc(-c4ccc(OC)cc4)cc3)N3CCC[C@@]3(C(=O)OC)[C@H]2C1=O.O=C(O)C(F)(F)F. The number of carbonyl (C=O) groups excluding carboxylic acids is 3. The van der Waals surface area contributed by atoms with Gasteiger partial charge in [0.15, 0.2) is 0 Å². The molecule has 1 N–H and O–H groups in total. The number of likely N-dealkylation sites (tertiary alicyclic amines) is 1. The van der Waals surface area contributed by atoms with E-state index in [1.165, 1.54) is 12.0 Å². The maximum atomic E-state index is 13.4. The molecule has 0 aromatic heterocycles. The fourth-order valence-corrected chi connectivity index (χ4v) is 6.23. The van der Waals surface area contributed by atoms with Crippen LogP contribution in [0.4, 0.5) is 13.2 Å². The van der Waals surface area contributed by atoms with Gasteiger partial charge in [-0.1, -0.05) is 36.4 Å². The molecule has 3 aliphatic heterocycles. The number of alkyl halides is 3. The summed E-state index contributed by atoms with van der Waals surface area (Å²) in [5.74, 6) is -4.09. The number of carbonyl (C=O) groups is 4. The van der Waals surface area contributed by atoms with Crippen molar-refractivity contribution in [3.8, 4) is 16.9 Å². The number of imide groups is 1. The summed E-state index contributed by atoms with van der Waals surface area (Å²) in [5, 5.41) is 7.12. The molecule has 2 amide bonds. The van der Waals surface area contributed by atoms with Crippen LogP contribution in [0.1, 0.15) is 31.4 Å². The van der Waals surface area contributed by atoms with E-state index in [1.54, 1.807) is 14.0 Å². The molecule has 3 fully saturated rings. The zero-order valence-electron chi connectivity index (χ0n) is 22.1. The second kappa shape index (κ2) is 10.9. The molecule has 0 radical (unpaired) electrons. The number of carboxylic acids is 1. The molecule has 3 saturated heterocycles. The van der Waals surface area contributed by atoms with E-state index in [9.17, 15) is 27.6 Å². The molecule has 4 atom stereocenters. The number of rotatable bonds is 5. The van der Waals surface area contributed by atoms with Crippen LogP contribution in [0.25, 0.3) is 11.1 Å². The van der Waals surface area contributed by atoms with E-state index in [-0.39, 0.29) is 17.9 Å². The van der Waals surface area contributed by atoms with Gasteiger partial charge in [0.25, 0.3) is 0 Å². The van der Waals surface area contributed by atoms with Crippen LogP contribution in [0.3, 0.4) is 0 Å². The normalized spacial score (nSPS) is 25.6. The number of benzene rings is 2. The third-order valence-corrected chi connectivity index (χ3v) is 7.88. The van der Waals surface area contributed by atoms with Gasteiger partial charge in [-0.2, -0.15) is 13.2 Å². The van der Waals surface area contributed by atoms with Crippen LogP contribution in [0.2, 0.25) is 0 Å². The van der Waals surface area contributed by atoms with Gasteiger partial charge in [0.05, 0.1) is 26.1 Å². The molecule has 0 spiro atoms. The molecule has 12 heteroatoms. The van der Waals surface area contributed by atoms with E-state index in [4.69, 9.17) is 19.4 Å². The van der Waals surface area contributed by atoms with Crippen molar-refractivity contribution in [3.63, 3.8) is 0 Å². The van der Waals surface area contributed by atoms with Crippen molar-refractivity contribution in [2.45, 2.75) is 37.5 Å². The van der Waals surface area contributed by atoms with Crippen LogP contribution in [-0.2, 0) is 23.9 Å². The van der Waals surface area contributed by atoms with E-state index in [0.717, 1.165) is 28.9 Å². The summed E-state index contributed by atoms with van der Waals surface area (Å²) in [4.78, 5) is 52.1. The lowest BCUT2D eigenvalue weighted by Crippen LogP contribution is -2.54. The van der Waals surface area contributed by atoms with Gasteiger partial charge in [0.1, 0.15) is 11.3 Å². The summed E-state index contributed by atoms with van der Waals surface area (Å²) in [5.41, 5.74) is 1.96. The van der Waals surface area contributed by atoms with Crippen LogP contribution in [0.5, 0.6) is 5.75 Å². The highest BCUT2D eigenvalue weighted by molar-refractivity contribution is 6.09. The van der Waals surface area contributed by atoms with Gasteiger partial charge in [0, 0.05) is 12.6 Å². The maximum Gasteiger partial charge on any atom is 0.490 e. The Kier molecular flexibility index (Phi) is 7.93. The van der Waals surface area contributed by atoms with E-state index >= 15 is 0 Å². The monoisotopic (exact) mass is 562 g/mol. The maximum absolute atomic E-state index is 13.4. The Hall–Kier alpha value is -3.93. The molecule has 9 nitrogen and oxygen atoms in total. The number of methoxy groups -OCH3 is 2. The van der Waals surface area contributed by atoms with E-state index in [1.807, 2.05) is 48.5 Å². The lowest BCUT2D eigenvalue weighted by Gasteiger charge is -2.36. The minimum Gasteiger partial charge on any atom is -0.497 e. The van der Waals surface area contributed by atoms with Gasteiger partial charge in [-0.05, 0) is 55.1 Å². The van der Waals surface area contributed by atoms with Crippen molar-refractivity contribution in [2.75, 3.05) is 27.3 Å². The number of hydrogen-bond donors (Lipinski definition) is 1. The Balaban J connectivity index is 0.000000470. The number of halogens is 3. The summed E-state index contributed by atoms with van der Waals surface area (Å²) in [7, 11) is 3.00. The first-order valence-corrected chi connectivity index (χ1v) is 12.7. The van der Waals surface area contributed by atoms with Crippen LogP contribution < -0.4 is 4.74 Å². The van der Waals surface area contributed by atoms with Gasteiger partial charge in [-0.3, -0.25) is 24.2 Å². The predicted molar refractivity (Wildman–Crippen MR) is 135 cm³/mol. The summed E-state index contributed by atoms with van der Waals surface area (Å²) >= 11 is 0. The molecular weight excluding hydrogens is 533 g/mol. The Labute approximate surface area is 228 Å². The zero-order chi connectivity index (χ0) is 29.4. The number of amides is 2. The summed E-state index contributed by atoms with van der Waals surface area (Å²) in [6.07, 6.45) is -3.77. The molecule has 0 bridgehead atoms. The van der Waals surface area contributed by atoms with Gasteiger partial charge < -0.3 is 14.6 Å². The lowest BCUT2D eigenvalue weighted by molar-refractivity contribution is -0.192. The van der Waals surface area contributed by atoms with E-state index in [2.05, 4.69) is 4.90 Å². The van der Waals surface area contributed by atoms with Gasteiger partial charge in [0.2, 0.25) is 11.8 Å². The number of ether oxygens (including phenoxy) is 2. The molecule has 2 aromatic rings. The largest absolute Gasteiger partial charge is 0.497 e. The molecule has 214 valence electrons. The number of aliphatic carboxylic acids is 1. The third-order valence-electron chi connectivity index (χ3n) is 7.88. The summed E-state index contributed by atoms with van der Waals surface area (Å²) in [6, 6.07) is 15.6. The van der Waals surface area contributed by atoms with Gasteiger partial charge >= 0.3 is 18.1 Å². The highest BCUT2D eigenvalue weighted by Crippen LogP contribution is 2.59.